The van der Waals surface area contributed by atoms with E-state index < -0.39 is 11.9 Å². The summed E-state index contributed by atoms with van der Waals surface area (Å²) in [7, 11) is 0. The summed E-state index contributed by atoms with van der Waals surface area (Å²) in [6.07, 6.45) is 15.5. The molecule has 0 spiro atoms. The summed E-state index contributed by atoms with van der Waals surface area (Å²) in [5.41, 5.74) is 5.30. The van der Waals surface area contributed by atoms with E-state index in [-0.39, 0.29) is 24.7 Å². The lowest BCUT2D eigenvalue weighted by atomic mass is 10.1. The summed E-state index contributed by atoms with van der Waals surface area (Å²) in [6.45, 7) is 7.80. The maximum atomic E-state index is 13.1. The van der Waals surface area contributed by atoms with Crippen LogP contribution >= 0.6 is 0 Å². The van der Waals surface area contributed by atoms with Crippen LogP contribution in [0.25, 0.3) is 0 Å². The molecule has 3 N–H and O–H groups in total. The Balaban J connectivity index is 4.50. The SMILES string of the molecule is CCCCCCCCCCCC(=O)NC(CCC(N)=O)C(=O)N(CCCC)CCCC. The van der Waals surface area contributed by atoms with Crippen molar-refractivity contribution in [3.63, 3.8) is 0 Å². The third-order valence-corrected chi connectivity index (χ3v) is 5.69. The topological polar surface area (TPSA) is 92.5 Å². The molecule has 0 aliphatic rings. The molecule has 0 saturated heterocycles. The highest BCUT2D eigenvalue weighted by atomic mass is 16.2. The van der Waals surface area contributed by atoms with Gasteiger partial charge in [0.05, 0.1) is 0 Å². The Morgan fingerprint density at radius 1 is 0.710 bits per heavy atom. The lowest BCUT2D eigenvalue weighted by Gasteiger charge is -2.28. The smallest absolute Gasteiger partial charge is 0.245 e. The zero-order valence-corrected chi connectivity index (χ0v) is 20.6. The van der Waals surface area contributed by atoms with E-state index in [0.717, 1.165) is 44.9 Å². The number of rotatable bonds is 21. The fraction of sp³-hybridized carbons (Fsp3) is 0.880. The second kappa shape index (κ2) is 20.3. The first kappa shape index (κ1) is 29.4. The minimum absolute atomic E-state index is 0.0800. The summed E-state index contributed by atoms with van der Waals surface area (Å²) in [5.74, 6) is -0.625. The van der Waals surface area contributed by atoms with Crippen molar-refractivity contribution in [1.29, 1.82) is 0 Å². The predicted octanol–water partition coefficient (Wildman–Crippen LogP) is 5.09. The molecular formula is C25H49N3O3. The maximum absolute atomic E-state index is 13.1. The predicted molar refractivity (Wildman–Crippen MR) is 129 cm³/mol. The number of carbonyl (C=O) groups excluding carboxylic acids is 3. The van der Waals surface area contributed by atoms with Crippen molar-refractivity contribution in [3.05, 3.63) is 0 Å². The summed E-state index contributed by atoms with van der Waals surface area (Å²) in [5, 5.41) is 2.89. The largest absolute Gasteiger partial charge is 0.370 e. The number of unbranched alkanes of at least 4 members (excludes halogenated alkanes) is 10. The molecule has 6 nitrogen and oxygen atoms in total. The molecule has 0 radical (unpaired) electrons. The molecule has 31 heavy (non-hydrogen) atoms. The summed E-state index contributed by atoms with van der Waals surface area (Å²) < 4.78 is 0. The van der Waals surface area contributed by atoms with Crippen molar-refractivity contribution in [2.24, 2.45) is 5.73 Å². The summed E-state index contributed by atoms with van der Waals surface area (Å²) >= 11 is 0. The number of nitrogens with zero attached hydrogens (tertiary/aromatic N) is 1. The summed E-state index contributed by atoms with van der Waals surface area (Å²) in [6, 6.07) is -0.660. The van der Waals surface area contributed by atoms with Crippen LogP contribution in [0.5, 0.6) is 0 Å². The van der Waals surface area contributed by atoms with Gasteiger partial charge in [-0.2, -0.15) is 0 Å². The fourth-order valence-electron chi connectivity index (χ4n) is 3.66. The van der Waals surface area contributed by atoms with Crippen LogP contribution in [0.2, 0.25) is 0 Å². The van der Waals surface area contributed by atoms with Crippen LogP contribution in [0.4, 0.5) is 0 Å². The lowest BCUT2D eigenvalue weighted by Crippen LogP contribution is -2.49. The Kier molecular flexibility index (Phi) is 19.3. The van der Waals surface area contributed by atoms with Crippen molar-refractivity contribution in [2.75, 3.05) is 13.1 Å². The van der Waals surface area contributed by atoms with Gasteiger partial charge in [0, 0.05) is 25.9 Å². The van der Waals surface area contributed by atoms with Crippen LogP contribution in [0.15, 0.2) is 0 Å². The normalized spacial score (nSPS) is 11.8. The number of amides is 3. The molecule has 1 atom stereocenters. The quantitative estimate of drug-likeness (QED) is 0.244. The lowest BCUT2D eigenvalue weighted by molar-refractivity contribution is -0.137. The van der Waals surface area contributed by atoms with Crippen LogP contribution in [0.1, 0.15) is 124 Å². The second-order valence-electron chi connectivity index (χ2n) is 8.74. The van der Waals surface area contributed by atoms with Gasteiger partial charge in [-0.3, -0.25) is 14.4 Å². The van der Waals surface area contributed by atoms with E-state index in [1.165, 1.54) is 38.5 Å². The van der Waals surface area contributed by atoms with Gasteiger partial charge in [0.2, 0.25) is 17.7 Å². The second-order valence-corrected chi connectivity index (χ2v) is 8.74. The van der Waals surface area contributed by atoms with Crippen molar-refractivity contribution in [1.82, 2.24) is 10.2 Å². The molecule has 0 bridgehead atoms. The molecule has 0 fully saturated rings. The highest BCUT2D eigenvalue weighted by molar-refractivity contribution is 5.88. The average molecular weight is 440 g/mol. The van der Waals surface area contributed by atoms with Gasteiger partial charge in [0.25, 0.3) is 0 Å². The van der Waals surface area contributed by atoms with Crippen LogP contribution in [-0.4, -0.2) is 41.8 Å². The van der Waals surface area contributed by atoms with Gasteiger partial charge in [-0.05, 0) is 25.7 Å². The van der Waals surface area contributed by atoms with Crippen molar-refractivity contribution in [2.45, 2.75) is 130 Å². The van der Waals surface area contributed by atoms with Gasteiger partial charge in [0.1, 0.15) is 6.04 Å². The van der Waals surface area contributed by atoms with Crippen molar-refractivity contribution in [3.8, 4) is 0 Å². The Hall–Kier alpha value is -1.59. The molecule has 0 aliphatic heterocycles. The van der Waals surface area contributed by atoms with Crippen LogP contribution < -0.4 is 11.1 Å². The Morgan fingerprint density at radius 3 is 1.68 bits per heavy atom. The first-order valence-corrected chi connectivity index (χ1v) is 12.8. The minimum Gasteiger partial charge on any atom is -0.370 e. The molecule has 0 aromatic rings. The molecule has 0 aliphatic carbocycles. The van der Waals surface area contributed by atoms with Crippen molar-refractivity contribution < 1.29 is 14.4 Å². The van der Waals surface area contributed by atoms with E-state index in [4.69, 9.17) is 5.73 Å². The first-order valence-electron chi connectivity index (χ1n) is 12.8. The molecule has 0 aromatic carbocycles. The fourth-order valence-corrected chi connectivity index (χ4v) is 3.66. The average Bonchev–Trinajstić information content (AvgIpc) is 2.75. The third-order valence-electron chi connectivity index (χ3n) is 5.69. The van der Waals surface area contributed by atoms with Gasteiger partial charge in [-0.1, -0.05) is 85.0 Å². The molecule has 1 unspecified atom stereocenters. The molecule has 0 aromatic heterocycles. The van der Waals surface area contributed by atoms with E-state index in [2.05, 4.69) is 26.1 Å². The standard InChI is InChI=1S/C25H49N3O3/c1-4-7-10-11-12-13-14-15-16-17-24(30)27-22(18-19-23(26)29)25(31)28(20-8-5-2)21-9-6-3/h22H,4-21H2,1-3H3,(H2,26,29)(H,27,30). The number of nitrogens with two attached hydrogens (primary N) is 1. The van der Waals surface area contributed by atoms with E-state index in [1.807, 2.05) is 4.90 Å². The highest BCUT2D eigenvalue weighted by Gasteiger charge is 2.25. The van der Waals surface area contributed by atoms with E-state index >= 15 is 0 Å². The number of primary amides is 1. The molecule has 0 saturated carbocycles. The Morgan fingerprint density at radius 2 is 1.19 bits per heavy atom. The van der Waals surface area contributed by atoms with Crippen LogP contribution in [0.3, 0.4) is 0 Å². The van der Waals surface area contributed by atoms with Crippen molar-refractivity contribution >= 4 is 17.7 Å². The zero-order chi connectivity index (χ0) is 23.3. The maximum Gasteiger partial charge on any atom is 0.245 e. The molecule has 3 amide bonds. The zero-order valence-electron chi connectivity index (χ0n) is 20.6. The molecule has 0 heterocycles. The minimum atomic E-state index is -0.660. The van der Waals surface area contributed by atoms with Gasteiger partial charge >= 0.3 is 0 Å². The number of nitrogens with one attached hydrogen (secondary N) is 1. The highest BCUT2D eigenvalue weighted by Crippen LogP contribution is 2.11. The monoisotopic (exact) mass is 439 g/mol. The van der Waals surface area contributed by atoms with Gasteiger partial charge in [0.15, 0.2) is 0 Å². The van der Waals surface area contributed by atoms with Gasteiger partial charge < -0.3 is 16.0 Å². The molecule has 6 heteroatoms. The van der Waals surface area contributed by atoms with Gasteiger partial charge in [-0.25, -0.2) is 0 Å². The number of hydrogen-bond donors (Lipinski definition) is 2. The van der Waals surface area contributed by atoms with E-state index in [1.54, 1.807) is 0 Å². The molecular weight excluding hydrogens is 390 g/mol. The van der Waals surface area contributed by atoms with Crippen LogP contribution in [0, 0.1) is 0 Å². The summed E-state index contributed by atoms with van der Waals surface area (Å²) in [4.78, 5) is 38.7. The van der Waals surface area contributed by atoms with E-state index in [9.17, 15) is 14.4 Å². The van der Waals surface area contributed by atoms with Crippen LogP contribution in [-0.2, 0) is 14.4 Å². The van der Waals surface area contributed by atoms with Gasteiger partial charge in [-0.15, -0.1) is 0 Å². The third kappa shape index (κ3) is 16.7. The molecule has 182 valence electrons. The Labute approximate surface area is 191 Å². The first-order chi connectivity index (χ1) is 15.0. The Bertz CT molecular complexity index is 475. The number of carbonyl (C=O) groups is 3. The van der Waals surface area contributed by atoms with E-state index in [0.29, 0.717) is 19.5 Å². The molecule has 0 rings (SSSR count). The number of hydrogen-bond acceptors (Lipinski definition) is 3.